The molecule has 8 heteroatoms. The smallest absolute Gasteiger partial charge is 0.416 e. The van der Waals surface area contributed by atoms with E-state index in [-0.39, 0.29) is 6.61 Å². The van der Waals surface area contributed by atoms with Gasteiger partial charge < -0.3 is 14.2 Å². The predicted octanol–water partition coefficient (Wildman–Crippen LogP) is 7.25. The van der Waals surface area contributed by atoms with Crippen molar-refractivity contribution in [3.8, 4) is 22.8 Å². The van der Waals surface area contributed by atoms with Gasteiger partial charge in [-0.25, -0.2) is 4.79 Å². The first-order chi connectivity index (χ1) is 17.5. The Morgan fingerprint density at radius 2 is 1.73 bits per heavy atom. The second kappa shape index (κ2) is 10.4. The molecule has 1 aromatic heterocycles. The van der Waals surface area contributed by atoms with Crippen LogP contribution >= 0.6 is 0 Å². The third-order valence-electron chi connectivity index (χ3n) is 6.16. The van der Waals surface area contributed by atoms with Crippen molar-refractivity contribution in [1.29, 1.82) is 0 Å². The minimum atomic E-state index is -4.37. The summed E-state index contributed by atoms with van der Waals surface area (Å²) in [7, 11) is 0. The molecule has 1 saturated carbocycles. The van der Waals surface area contributed by atoms with E-state index in [9.17, 15) is 18.0 Å². The summed E-state index contributed by atoms with van der Waals surface area (Å²) in [6, 6.07) is 14.2. The standard InChI is InChI=1S/C29H30F3NO4/c1-5-35-27(34)28(3,4)37-25-15-13-23(16-18(25)2)36-17-21-10-14-24(33-26(21)20-6-7-20)19-8-11-22(12-9-19)29(30,31)32/h8-16,20H,5-7,17H2,1-4H3. The van der Waals surface area contributed by atoms with E-state index in [2.05, 4.69) is 0 Å². The fourth-order valence-electron chi connectivity index (χ4n) is 3.94. The number of nitrogens with zero attached hydrogens (tertiary/aromatic N) is 1. The first-order valence-corrected chi connectivity index (χ1v) is 12.2. The van der Waals surface area contributed by atoms with Crippen LogP contribution in [0.15, 0.2) is 54.6 Å². The third kappa shape index (κ3) is 6.42. The van der Waals surface area contributed by atoms with Crippen LogP contribution in [0.2, 0.25) is 0 Å². The highest BCUT2D eigenvalue weighted by molar-refractivity contribution is 5.79. The van der Waals surface area contributed by atoms with Crippen LogP contribution in [0.4, 0.5) is 13.2 Å². The van der Waals surface area contributed by atoms with Crippen LogP contribution in [0.1, 0.15) is 61.9 Å². The summed E-state index contributed by atoms with van der Waals surface area (Å²) in [6.45, 7) is 7.53. The second-order valence-electron chi connectivity index (χ2n) is 9.64. The van der Waals surface area contributed by atoms with Crippen molar-refractivity contribution in [2.24, 2.45) is 0 Å². The summed E-state index contributed by atoms with van der Waals surface area (Å²) in [6.07, 6.45) is -2.32. The Hall–Kier alpha value is -3.55. The Labute approximate surface area is 214 Å². The molecule has 1 aliphatic rings. The molecule has 5 nitrogen and oxygen atoms in total. The van der Waals surface area contributed by atoms with Gasteiger partial charge in [0.1, 0.15) is 18.1 Å². The number of alkyl halides is 3. The lowest BCUT2D eigenvalue weighted by molar-refractivity contribution is -0.158. The molecule has 0 bridgehead atoms. The largest absolute Gasteiger partial charge is 0.489 e. The molecule has 37 heavy (non-hydrogen) atoms. The monoisotopic (exact) mass is 513 g/mol. The van der Waals surface area contributed by atoms with Crippen molar-refractivity contribution in [1.82, 2.24) is 4.98 Å². The highest BCUT2D eigenvalue weighted by atomic mass is 19.4. The average molecular weight is 514 g/mol. The van der Waals surface area contributed by atoms with Gasteiger partial charge in [0.2, 0.25) is 0 Å². The number of carbonyl (C=O) groups is 1. The van der Waals surface area contributed by atoms with Crippen molar-refractivity contribution >= 4 is 5.97 Å². The van der Waals surface area contributed by atoms with Gasteiger partial charge in [-0.1, -0.05) is 18.2 Å². The number of benzene rings is 2. The molecule has 1 heterocycles. The first kappa shape index (κ1) is 26.5. The minimum absolute atomic E-state index is 0.278. The van der Waals surface area contributed by atoms with Crippen LogP contribution in [0.25, 0.3) is 11.3 Å². The van der Waals surface area contributed by atoms with Gasteiger partial charge in [0.25, 0.3) is 0 Å². The van der Waals surface area contributed by atoms with Crippen molar-refractivity contribution in [3.63, 3.8) is 0 Å². The Balaban J connectivity index is 1.47. The molecular formula is C29H30F3NO4. The van der Waals surface area contributed by atoms with E-state index in [1.54, 1.807) is 32.9 Å². The summed E-state index contributed by atoms with van der Waals surface area (Å²) < 4.78 is 55.7. The van der Waals surface area contributed by atoms with E-state index in [4.69, 9.17) is 19.2 Å². The van der Waals surface area contributed by atoms with E-state index >= 15 is 0 Å². The molecule has 0 atom stereocenters. The number of rotatable bonds is 9. The molecule has 1 aliphatic carbocycles. The Morgan fingerprint density at radius 3 is 2.32 bits per heavy atom. The predicted molar refractivity (Wildman–Crippen MR) is 134 cm³/mol. The highest BCUT2D eigenvalue weighted by Gasteiger charge is 2.32. The van der Waals surface area contributed by atoms with E-state index in [0.717, 1.165) is 41.8 Å². The van der Waals surface area contributed by atoms with E-state index in [1.807, 2.05) is 25.1 Å². The lowest BCUT2D eigenvalue weighted by Gasteiger charge is -2.25. The molecule has 2 aromatic carbocycles. The maximum absolute atomic E-state index is 12.9. The summed E-state index contributed by atoms with van der Waals surface area (Å²) in [5.41, 5.74) is 2.15. The lowest BCUT2D eigenvalue weighted by atomic mass is 10.0. The molecule has 196 valence electrons. The topological polar surface area (TPSA) is 57.7 Å². The number of aryl methyl sites for hydroxylation is 1. The van der Waals surface area contributed by atoms with Gasteiger partial charge in [-0.05, 0) is 82.5 Å². The number of pyridine rings is 1. The SMILES string of the molecule is CCOC(=O)C(C)(C)Oc1ccc(OCc2ccc(-c3ccc(C(F)(F)F)cc3)nc2C2CC2)cc1C. The van der Waals surface area contributed by atoms with Crippen LogP contribution in [-0.4, -0.2) is 23.2 Å². The van der Waals surface area contributed by atoms with Gasteiger partial charge in [-0.15, -0.1) is 0 Å². The van der Waals surface area contributed by atoms with Crippen molar-refractivity contribution in [2.75, 3.05) is 6.61 Å². The summed E-state index contributed by atoms with van der Waals surface area (Å²) in [5, 5.41) is 0. The van der Waals surface area contributed by atoms with Crippen LogP contribution in [0.5, 0.6) is 11.5 Å². The number of esters is 1. The summed E-state index contributed by atoms with van der Waals surface area (Å²) in [4.78, 5) is 16.9. The molecule has 0 spiro atoms. The van der Waals surface area contributed by atoms with Crippen LogP contribution < -0.4 is 9.47 Å². The zero-order valence-electron chi connectivity index (χ0n) is 21.3. The molecule has 0 N–H and O–H groups in total. The molecule has 0 aliphatic heterocycles. The van der Waals surface area contributed by atoms with Crippen LogP contribution in [-0.2, 0) is 22.3 Å². The Bertz CT molecular complexity index is 1270. The van der Waals surface area contributed by atoms with E-state index in [1.165, 1.54) is 12.1 Å². The van der Waals surface area contributed by atoms with Gasteiger partial charge in [0, 0.05) is 17.0 Å². The third-order valence-corrected chi connectivity index (χ3v) is 6.16. The molecule has 0 unspecified atom stereocenters. The van der Waals surface area contributed by atoms with E-state index < -0.39 is 23.3 Å². The van der Waals surface area contributed by atoms with Crippen LogP contribution in [0.3, 0.4) is 0 Å². The fraction of sp³-hybridized carbons (Fsp3) is 0.379. The Morgan fingerprint density at radius 1 is 1.03 bits per heavy atom. The van der Waals surface area contributed by atoms with Crippen LogP contribution in [0, 0.1) is 6.92 Å². The number of carbonyl (C=O) groups excluding carboxylic acids is 1. The lowest BCUT2D eigenvalue weighted by Crippen LogP contribution is -2.39. The molecule has 0 saturated heterocycles. The van der Waals surface area contributed by atoms with Gasteiger partial charge in [-0.3, -0.25) is 4.98 Å². The number of halogens is 3. The zero-order valence-corrected chi connectivity index (χ0v) is 21.3. The number of ether oxygens (including phenoxy) is 3. The molecule has 1 fully saturated rings. The normalized spacial score (nSPS) is 13.8. The molecular weight excluding hydrogens is 483 g/mol. The molecule has 3 aromatic rings. The van der Waals surface area contributed by atoms with Gasteiger partial charge in [-0.2, -0.15) is 13.2 Å². The Kier molecular flexibility index (Phi) is 7.48. The maximum Gasteiger partial charge on any atom is 0.416 e. The maximum atomic E-state index is 12.9. The van der Waals surface area contributed by atoms with Crippen molar-refractivity contribution in [3.05, 3.63) is 77.0 Å². The first-order valence-electron chi connectivity index (χ1n) is 12.2. The second-order valence-corrected chi connectivity index (χ2v) is 9.64. The minimum Gasteiger partial charge on any atom is -0.489 e. The van der Waals surface area contributed by atoms with Gasteiger partial charge in [0.15, 0.2) is 5.60 Å². The van der Waals surface area contributed by atoms with Crippen molar-refractivity contribution in [2.45, 2.75) is 64.8 Å². The zero-order chi connectivity index (χ0) is 26.8. The molecule has 4 rings (SSSR count). The van der Waals surface area contributed by atoms with Gasteiger partial charge >= 0.3 is 12.1 Å². The molecule has 0 amide bonds. The number of aromatic nitrogens is 1. The van der Waals surface area contributed by atoms with E-state index in [0.29, 0.717) is 35.3 Å². The van der Waals surface area contributed by atoms with Gasteiger partial charge in [0.05, 0.1) is 23.6 Å². The fourth-order valence-corrected chi connectivity index (χ4v) is 3.94. The average Bonchev–Trinajstić information content (AvgIpc) is 3.69. The molecule has 0 radical (unpaired) electrons. The highest BCUT2D eigenvalue weighted by Crippen LogP contribution is 2.42. The van der Waals surface area contributed by atoms with Crippen molar-refractivity contribution < 1.29 is 32.2 Å². The summed E-state index contributed by atoms with van der Waals surface area (Å²) >= 11 is 0. The summed E-state index contributed by atoms with van der Waals surface area (Å²) in [5.74, 6) is 1.10. The number of hydrogen-bond donors (Lipinski definition) is 0. The quantitative estimate of drug-likeness (QED) is 0.282. The number of hydrogen-bond acceptors (Lipinski definition) is 5.